The summed E-state index contributed by atoms with van der Waals surface area (Å²) in [4.78, 5) is 4.37. The molecule has 0 bridgehead atoms. The van der Waals surface area contributed by atoms with Crippen molar-refractivity contribution < 1.29 is 9.47 Å². The molecule has 2 fully saturated rings. The second kappa shape index (κ2) is 5.51. The van der Waals surface area contributed by atoms with Crippen molar-refractivity contribution in [3.05, 3.63) is 52.8 Å². The van der Waals surface area contributed by atoms with Crippen molar-refractivity contribution in [2.45, 2.75) is 18.6 Å². The Morgan fingerprint density at radius 2 is 1.96 bits per heavy atom. The van der Waals surface area contributed by atoms with Crippen molar-refractivity contribution in [1.29, 1.82) is 0 Å². The molecule has 2 aliphatic heterocycles. The predicted octanol–water partition coefficient (Wildman–Crippen LogP) is 3.73. The number of nitrogens with one attached hydrogen (secondary N) is 1. The lowest BCUT2D eigenvalue weighted by atomic mass is 10.1. The third kappa shape index (κ3) is 2.28. The Labute approximate surface area is 151 Å². The molecular formula is C18H18Cl2N2O2. The summed E-state index contributed by atoms with van der Waals surface area (Å²) in [6.45, 7) is 4.12. The molecule has 1 saturated carbocycles. The molecule has 126 valence electrons. The average Bonchev–Trinajstić information content (AvgIpc) is 2.89. The third-order valence-corrected chi connectivity index (χ3v) is 5.48. The Kier molecular flexibility index (Phi) is 3.68. The number of para-hydroxylation sites is 1. The molecule has 1 aliphatic carbocycles. The Balaban J connectivity index is 0.00000146. The molecule has 3 heterocycles. The highest BCUT2D eigenvalue weighted by atomic mass is 35.5. The third-order valence-electron chi connectivity index (χ3n) is 5.25. The number of aromatic nitrogens is 1. The van der Waals surface area contributed by atoms with E-state index in [4.69, 9.17) is 21.1 Å². The molecule has 3 aliphatic rings. The maximum absolute atomic E-state index is 6.27. The van der Waals surface area contributed by atoms with E-state index in [-0.39, 0.29) is 12.4 Å². The topological polar surface area (TPSA) is 43.4 Å². The maximum atomic E-state index is 6.27. The summed E-state index contributed by atoms with van der Waals surface area (Å²) in [6.07, 6.45) is 1.62. The highest BCUT2D eigenvalue weighted by molar-refractivity contribution is 6.30. The lowest BCUT2D eigenvalue weighted by Gasteiger charge is -2.22. The second-order valence-corrected chi connectivity index (χ2v) is 7.13. The van der Waals surface area contributed by atoms with Crippen molar-refractivity contribution in [3.8, 4) is 11.5 Å². The van der Waals surface area contributed by atoms with Crippen molar-refractivity contribution in [2.24, 2.45) is 11.8 Å². The number of hydrogen-bond acceptors (Lipinski definition) is 4. The molecule has 2 aromatic rings. The molecule has 5 rings (SSSR count). The molecule has 0 amide bonds. The molecule has 0 spiro atoms. The van der Waals surface area contributed by atoms with Crippen LogP contribution in [0, 0.1) is 11.8 Å². The van der Waals surface area contributed by atoms with E-state index in [1.54, 1.807) is 6.20 Å². The first kappa shape index (κ1) is 16.0. The van der Waals surface area contributed by atoms with E-state index in [2.05, 4.69) is 22.4 Å². The van der Waals surface area contributed by atoms with Crippen molar-refractivity contribution in [3.63, 3.8) is 0 Å². The number of fused-ring (bicyclic) bond motifs is 2. The molecule has 1 aromatic carbocycles. The summed E-state index contributed by atoms with van der Waals surface area (Å²) < 4.78 is 12.4. The van der Waals surface area contributed by atoms with Crippen LogP contribution in [0.3, 0.4) is 0 Å². The summed E-state index contributed by atoms with van der Waals surface area (Å²) in [5, 5.41) is 4.05. The molecular weight excluding hydrogens is 347 g/mol. The van der Waals surface area contributed by atoms with E-state index in [9.17, 15) is 0 Å². The largest absolute Gasteiger partial charge is 0.443 e. The molecule has 1 unspecified atom stereocenters. The number of hydrogen-bond donors (Lipinski definition) is 1. The van der Waals surface area contributed by atoms with Crippen LogP contribution in [-0.2, 0) is 5.79 Å². The number of ether oxygens (including phenoxy) is 2. The van der Waals surface area contributed by atoms with E-state index in [0.29, 0.717) is 10.9 Å². The highest BCUT2D eigenvalue weighted by Gasteiger charge is 2.55. The predicted molar refractivity (Wildman–Crippen MR) is 94.1 cm³/mol. The fourth-order valence-electron chi connectivity index (χ4n) is 4.04. The first-order valence-corrected chi connectivity index (χ1v) is 8.37. The minimum absolute atomic E-state index is 0. The maximum Gasteiger partial charge on any atom is 0.292 e. The monoisotopic (exact) mass is 364 g/mol. The van der Waals surface area contributed by atoms with Gasteiger partial charge in [-0.3, -0.25) is 4.98 Å². The normalized spacial score (nSPS) is 32.2. The smallest absolute Gasteiger partial charge is 0.292 e. The van der Waals surface area contributed by atoms with Gasteiger partial charge in [0.15, 0.2) is 11.5 Å². The zero-order valence-electron chi connectivity index (χ0n) is 13.2. The van der Waals surface area contributed by atoms with Gasteiger partial charge >= 0.3 is 0 Å². The van der Waals surface area contributed by atoms with E-state index in [1.807, 2.05) is 25.1 Å². The van der Waals surface area contributed by atoms with Gasteiger partial charge in [0, 0.05) is 18.7 Å². The number of nitrogens with zero attached hydrogens (tertiary/aromatic N) is 1. The van der Waals surface area contributed by atoms with E-state index < -0.39 is 5.79 Å². The van der Waals surface area contributed by atoms with Crippen LogP contribution in [0.4, 0.5) is 0 Å². The number of rotatable bonds is 2. The van der Waals surface area contributed by atoms with Gasteiger partial charge in [-0.1, -0.05) is 23.7 Å². The zero-order chi connectivity index (χ0) is 15.6. The van der Waals surface area contributed by atoms with Crippen LogP contribution in [0.15, 0.2) is 36.5 Å². The van der Waals surface area contributed by atoms with Gasteiger partial charge < -0.3 is 14.8 Å². The number of piperidine rings is 1. The minimum atomic E-state index is -0.898. The first-order valence-electron chi connectivity index (χ1n) is 7.99. The van der Waals surface area contributed by atoms with Gasteiger partial charge in [-0.2, -0.15) is 0 Å². The minimum Gasteiger partial charge on any atom is -0.443 e. The summed E-state index contributed by atoms with van der Waals surface area (Å²) in [7, 11) is 0. The second-order valence-electron chi connectivity index (χ2n) is 6.70. The standard InChI is InChI=1S/C18H17ClN2O2.ClH/c1-18(15-6-5-10(19)7-21-15)22-14-4-2-3-11(17(14)23-18)16-12-8-20-9-13(12)16;/h2-7,12-13,16,20H,8-9H2,1H3;1H/t12-,13+,16-,18?;. The van der Waals surface area contributed by atoms with Gasteiger partial charge in [0.05, 0.1) is 5.02 Å². The molecule has 4 atom stereocenters. The fourth-order valence-corrected chi connectivity index (χ4v) is 4.15. The lowest BCUT2D eigenvalue weighted by Crippen LogP contribution is -2.32. The Morgan fingerprint density at radius 1 is 1.17 bits per heavy atom. The van der Waals surface area contributed by atoms with E-state index >= 15 is 0 Å². The summed E-state index contributed by atoms with van der Waals surface area (Å²) in [5.41, 5.74) is 2.00. The Bertz CT molecular complexity index is 773. The summed E-state index contributed by atoms with van der Waals surface area (Å²) in [6, 6.07) is 9.86. The molecule has 0 radical (unpaired) electrons. The highest BCUT2D eigenvalue weighted by Crippen LogP contribution is 2.60. The Hall–Kier alpha value is -1.49. The number of benzene rings is 1. The van der Waals surface area contributed by atoms with E-state index in [1.165, 1.54) is 5.56 Å². The van der Waals surface area contributed by atoms with Gasteiger partial charge in [-0.15, -0.1) is 12.4 Å². The molecule has 1 N–H and O–H groups in total. The zero-order valence-corrected chi connectivity index (χ0v) is 14.7. The summed E-state index contributed by atoms with van der Waals surface area (Å²) >= 11 is 5.93. The Morgan fingerprint density at radius 3 is 2.67 bits per heavy atom. The lowest BCUT2D eigenvalue weighted by molar-refractivity contribution is -0.0721. The van der Waals surface area contributed by atoms with Crippen LogP contribution in [0.5, 0.6) is 11.5 Å². The van der Waals surface area contributed by atoms with Gasteiger partial charge in [-0.25, -0.2) is 0 Å². The summed E-state index contributed by atoms with van der Waals surface area (Å²) in [5.74, 6) is 2.86. The van der Waals surface area contributed by atoms with Gasteiger partial charge in [0.25, 0.3) is 5.79 Å². The quantitative estimate of drug-likeness (QED) is 0.881. The van der Waals surface area contributed by atoms with E-state index in [0.717, 1.165) is 42.1 Å². The molecule has 1 aromatic heterocycles. The molecule has 24 heavy (non-hydrogen) atoms. The molecule has 1 saturated heterocycles. The van der Waals surface area contributed by atoms with Crippen molar-refractivity contribution in [2.75, 3.05) is 13.1 Å². The van der Waals surface area contributed by atoms with Crippen molar-refractivity contribution >= 4 is 24.0 Å². The number of halogens is 2. The first-order chi connectivity index (χ1) is 11.2. The SMILES string of the molecule is CC1(c2ccc(Cl)cn2)Oc2cccc([C@@H]3[C@@H]4CNC[C@@H]43)c2O1.Cl. The van der Waals surface area contributed by atoms with Gasteiger partial charge in [0.2, 0.25) is 0 Å². The van der Waals surface area contributed by atoms with Crippen LogP contribution in [0.25, 0.3) is 0 Å². The van der Waals surface area contributed by atoms with Gasteiger partial charge in [-0.05, 0) is 49.0 Å². The van der Waals surface area contributed by atoms with Crippen LogP contribution in [0.1, 0.15) is 24.1 Å². The average molecular weight is 365 g/mol. The van der Waals surface area contributed by atoms with Crippen LogP contribution in [0.2, 0.25) is 5.02 Å². The molecule has 4 nitrogen and oxygen atoms in total. The van der Waals surface area contributed by atoms with Crippen LogP contribution in [-0.4, -0.2) is 18.1 Å². The molecule has 6 heteroatoms. The van der Waals surface area contributed by atoms with Gasteiger partial charge in [0.1, 0.15) is 5.69 Å². The van der Waals surface area contributed by atoms with Crippen LogP contribution >= 0.6 is 24.0 Å². The fraction of sp³-hybridized carbons (Fsp3) is 0.389. The van der Waals surface area contributed by atoms with Crippen LogP contribution < -0.4 is 14.8 Å². The van der Waals surface area contributed by atoms with Crippen molar-refractivity contribution in [1.82, 2.24) is 10.3 Å². The number of pyridine rings is 1.